The molecule has 0 aliphatic heterocycles. The molecule has 4 nitrogen and oxygen atoms in total. The molecule has 0 amide bonds. The van der Waals surface area contributed by atoms with Gasteiger partial charge in [-0.3, -0.25) is 0 Å². The lowest BCUT2D eigenvalue weighted by molar-refractivity contribution is 0.751. The van der Waals surface area contributed by atoms with Crippen LogP contribution in [0.2, 0.25) is 5.02 Å². The summed E-state index contributed by atoms with van der Waals surface area (Å²) in [6.07, 6.45) is 1.71. The van der Waals surface area contributed by atoms with Crippen molar-refractivity contribution in [3.05, 3.63) is 34.7 Å². The number of nitrogens with zero attached hydrogens (tertiary/aromatic N) is 3. The highest BCUT2D eigenvalue weighted by atomic mass is 35.5. The topological polar surface area (TPSA) is 64.7 Å². The van der Waals surface area contributed by atoms with Crippen molar-refractivity contribution in [2.75, 3.05) is 5.73 Å². The number of hydrogen-bond acceptors (Lipinski definition) is 5. The number of anilines is 1. The molecular weight excluding hydrogens is 280 g/mol. The second-order valence-electron chi connectivity index (χ2n) is 4.44. The van der Waals surface area contributed by atoms with Gasteiger partial charge in [0.25, 0.3) is 0 Å². The van der Waals surface area contributed by atoms with Gasteiger partial charge >= 0.3 is 0 Å². The van der Waals surface area contributed by atoms with Gasteiger partial charge in [-0.15, -0.1) is 0 Å². The lowest BCUT2D eigenvalue weighted by atomic mass is 10.2. The van der Waals surface area contributed by atoms with E-state index in [-0.39, 0.29) is 5.92 Å². The molecule has 6 heteroatoms. The Hall–Kier alpha value is -1.33. The average Bonchev–Trinajstić information content (AvgIpc) is 2.37. The molecule has 0 radical (unpaired) electrons. The van der Waals surface area contributed by atoms with Crippen molar-refractivity contribution in [2.24, 2.45) is 0 Å². The lowest BCUT2D eigenvalue weighted by Crippen LogP contribution is -2.05. The highest BCUT2D eigenvalue weighted by Gasteiger charge is 2.14. The maximum absolute atomic E-state index is 6.11. The molecule has 2 rings (SSSR count). The number of pyridine rings is 1. The fourth-order valence-corrected chi connectivity index (χ4v) is 2.52. The van der Waals surface area contributed by atoms with Crippen molar-refractivity contribution >= 4 is 29.2 Å². The molecule has 2 heterocycles. The molecule has 2 aromatic heterocycles. The fraction of sp³-hybridized carbons (Fsp3) is 0.308. The van der Waals surface area contributed by atoms with Gasteiger partial charge in [0.1, 0.15) is 21.7 Å². The van der Waals surface area contributed by atoms with Crippen LogP contribution in [0.25, 0.3) is 0 Å². The minimum Gasteiger partial charge on any atom is -0.383 e. The quantitative estimate of drug-likeness (QED) is 0.875. The molecule has 0 saturated heterocycles. The number of nitrogens with two attached hydrogens (primary N) is 1. The van der Waals surface area contributed by atoms with Crippen LogP contribution in [0.15, 0.2) is 28.4 Å². The van der Waals surface area contributed by atoms with Gasteiger partial charge in [0.15, 0.2) is 0 Å². The summed E-state index contributed by atoms with van der Waals surface area (Å²) in [5.74, 6) is 1.47. The van der Waals surface area contributed by atoms with Gasteiger partial charge in [0, 0.05) is 17.7 Å². The lowest BCUT2D eigenvalue weighted by Gasteiger charge is -2.11. The molecule has 0 atom stereocenters. The zero-order valence-electron chi connectivity index (χ0n) is 11.0. The Balaban J connectivity index is 2.42. The third-order valence-corrected chi connectivity index (χ3v) is 4.12. The molecule has 0 unspecified atom stereocenters. The van der Waals surface area contributed by atoms with E-state index >= 15 is 0 Å². The number of rotatable bonds is 3. The molecule has 2 N–H and O–H groups in total. The van der Waals surface area contributed by atoms with Crippen LogP contribution in [0.1, 0.15) is 31.2 Å². The minimum absolute atomic E-state index is 0.224. The molecular formula is C13H15ClN4S. The van der Waals surface area contributed by atoms with E-state index in [1.165, 1.54) is 11.8 Å². The third kappa shape index (κ3) is 3.16. The molecule has 100 valence electrons. The highest BCUT2D eigenvalue weighted by Crippen LogP contribution is 2.33. The first-order valence-electron chi connectivity index (χ1n) is 5.91. The van der Waals surface area contributed by atoms with Gasteiger partial charge in [-0.2, -0.15) is 0 Å². The Morgan fingerprint density at radius 1 is 1.26 bits per heavy atom. The van der Waals surface area contributed by atoms with Crippen molar-refractivity contribution in [2.45, 2.75) is 36.7 Å². The molecule has 0 saturated carbocycles. The number of hydrogen-bond donors (Lipinski definition) is 1. The van der Waals surface area contributed by atoms with Crippen molar-refractivity contribution in [3.63, 3.8) is 0 Å². The SMILES string of the molecule is Cc1c(N)nc(C(C)C)nc1Sc1ncccc1Cl. The first-order valence-corrected chi connectivity index (χ1v) is 7.11. The van der Waals surface area contributed by atoms with Gasteiger partial charge in [0.2, 0.25) is 0 Å². The van der Waals surface area contributed by atoms with Crippen LogP contribution in [-0.4, -0.2) is 15.0 Å². The van der Waals surface area contributed by atoms with Crippen molar-refractivity contribution in [1.82, 2.24) is 15.0 Å². The standard InChI is InChI=1S/C13H15ClN4S/c1-7(2)11-17-10(15)8(3)12(18-11)19-13-9(14)5-4-6-16-13/h4-7H,1-3H3,(H2,15,17,18). The summed E-state index contributed by atoms with van der Waals surface area (Å²) in [4.78, 5) is 13.1. The van der Waals surface area contributed by atoms with Crippen LogP contribution in [0, 0.1) is 6.92 Å². The van der Waals surface area contributed by atoms with Crippen LogP contribution in [-0.2, 0) is 0 Å². The summed E-state index contributed by atoms with van der Waals surface area (Å²) in [7, 11) is 0. The van der Waals surface area contributed by atoms with Gasteiger partial charge in [0.05, 0.1) is 5.02 Å². The highest BCUT2D eigenvalue weighted by molar-refractivity contribution is 7.99. The summed E-state index contributed by atoms with van der Waals surface area (Å²) < 4.78 is 0. The first-order chi connectivity index (χ1) is 8.99. The summed E-state index contributed by atoms with van der Waals surface area (Å²) in [6, 6.07) is 3.60. The summed E-state index contributed by atoms with van der Waals surface area (Å²) in [6.45, 7) is 5.97. The van der Waals surface area contributed by atoms with E-state index in [1.807, 2.05) is 20.8 Å². The van der Waals surface area contributed by atoms with Gasteiger partial charge in [-0.25, -0.2) is 15.0 Å². The fourth-order valence-electron chi connectivity index (χ4n) is 1.43. The molecule has 0 bridgehead atoms. The smallest absolute Gasteiger partial charge is 0.134 e. The van der Waals surface area contributed by atoms with Gasteiger partial charge in [-0.1, -0.05) is 25.4 Å². The number of nitrogen functional groups attached to an aromatic ring is 1. The van der Waals surface area contributed by atoms with Crippen LogP contribution in [0.3, 0.4) is 0 Å². The molecule has 0 aliphatic rings. The van der Waals surface area contributed by atoms with Gasteiger partial charge < -0.3 is 5.73 Å². The van der Waals surface area contributed by atoms with E-state index in [0.29, 0.717) is 10.8 Å². The van der Waals surface area contributed by atoms with Crippen molar-refractivity contribution in [1.29, 1.82) is 0 Å². The molecule has 0 spiro atoms. The molecule has 2 aromatic rings. The second kappa shape index (κ2) is 5.75. The minimum atomic E-state index is 0.224. The predicted molar refractivity (Wildman–Crippen MR) is 78.6 cm³/mol. The summed E-state index contributed by atoms with van der Waals surface area (Å²) in [5, 5.41) is 2.13. The Kier molecular flexibility index (Phi) is 4.27. The predicted octanol–water partition coefficient (Wildman–Crippen LogP) is 3.69. The summed E-state index contributed by atoms with van der Waals surface area (Å²) >= 11 is 7.52. The monoisotopic (exact) mass is 294 g/mol. The zero-order chi connectivity index (χ0) is 14.0. The molecule has 0 aromatic carbocycles. The largest absolute Gasteiger partial charge is 0.383 e. The van der Waals surface area contributed by atoms with E-state index in [0.717, 1.165) is 21.4 Å². The molecule has 0 fully saturated rings. The van der Waals surface area contributed by atoms with E-state index in [1.54, 1.807) is 18.3 Å². The normalized spacial score (nSPS) is 11.0. The van der Waals surface area contributed by atoms with Gasteiger partial charge in [-0.05, 0) is 30.8 Å². The van der Waals surface area contributed by atoms with Crippen LogP contribution in [0.5, 0.6) is 0 Å². The summed E-state index contributed by atoms with van der Waals surface area (Å²) in [5.41, 5.74) is 6.79. The number of halogens is 1. The van der Waals surface area contributed by atoms with Crippen LogP contribution >= 0.6 is 23.4 Å². The van der Waals surface area contributed by atoms with Crippen LogP contribution in [0.4, 0.5) is 5.82 Å². The molecule has 19 heavy (non-hydrogen) atoms. The molecule has 0 aliphatic carbocycles. The van der Waals surface area contributed by atoms with Crippen molar-refractivity contribution < 1.29 is 0 Å². The maximum atomic E-state index is 6.11. The Bertz CT molecular complexity index is 601. The first kappa shape index (κ1) is 14.1. The zero-order valence-corrected chi connectivity index (χ0v) is 12.6. The number of aromatic nitrogens is 3. The van der Waals surface area contributed by atoms with Crippen LogP contribution < -0.4 is 5.73 Å². The van der Waals surface area contributed by atoms with E-state index in [9.17, 15) is 0 Å². The Morgan fingerprint density at radius 3 is 2.63 bits per heavy atom. The van der Waals surface area contributed by atoms with E-state index in [2.05, 4.69) is 15.0 Å². The third-order valence-electron chi connectivity index (χ3n) is 2.59. The average molecular weight is 295 g/mol. The van der Waals surface area contributed by atoms with E-state index < -0.39 is 0 Å². The second-order valence-corrected chi connectivity index (χ2v) is 5.83. The van der Waals surface area contributed by atoms with E-state index in [4.69, 9.17) is 17.3 Å². The Morgan fingerprint density at radius 2 is 2.00 bits per heavy atom. The maximum Gasteiger partial charge on any atom is 0.134 e. The van der Waals surface area contributed by atoms with Crippen molar-refractivity contribution in [3.8, 4) is 0 Å². The Labute approximate surface area is 121 Å².